The monoisotopic (exact) mass is 328 g/mol. The van der Waals surface area contributed by atoms with Crippen LogP contribution in [0.2, 0.25) is 0 Å². The van der Waals surface area contributed by atoms with E-state index in [1.54, 1.807) is 31.5 Å². The zero-order chi connectivity index (χ0) is 17.1. The minimum absolute atomic E-state index is 0.167. The maximum Gasteiger partial charge on any atom is 0.275 e. The molecule has 2 aromatic heterocycles. The van der Waals surface area contributed by atoms with Gasteiger partial charge in [0.15, 0.2) is 11.6 Å². The van der Waals surface area contributed by atoms with Crippen LogP contribution in [0.5, 0.6) is 0 Å². The first-order valence-corrected chi connectivity index (χ1v) is 7.04. The summed E-state index contributed by atoms with van der Waals surface area (Å²) in [5.41, 5.74) is 1.10. The van der Waals surface area contributed by atoms with E-state index >= 15 is 0 Å². The van der Waals surface area contributed by atoms with E-state index in [1.165, 1.54) is 6.07 Å². The van der Waals surface area contributed by atoms with Crippen LogP contribution in [0.25, 0.3) is 11.4 Å². The molecule has 0 aliphatic carbocycles. The van der Waals surface area contributed by atoms with E-state index < -0.39 is 10.7 Å². The van der Waals surface area contributed by atoms with Gasteiger partial charge in [-0.2, -0.15) is 5.10 Å². The predicted molar refractivity (Wildman–Crippen MR) is 84.7 cm³/mol. The number of nitro groups is 1. The number of hydrogen-bond acceptors (Lipinski definition) is 6. The predicted octanol–water partition coefficient (Wildman–Crippen LogP) is 2.83. The van der Waals surface area contributed by atoms with Crippen LogP contribution in [0.15, 0.2) is 36.7 Å². The Morgan fingerprint density at radius 1 is 1.33 bits per heavy atom. The van der Waals surface area contributed by atoms with Gasteiger partial charge in [-0.25, -0.2) is 9.37 Å². The Balaban J connectivity index is 1.74. The third-order valence-electron chi connectivity index (χ3n) is 3.40. The Labute approximate surface area is 135 Å². The summed E-state index contributed by atoms with van der Waals surface area (Å²) in [6.45, 7) is 1.75. The van der Waals surface area contributed by atoms with Crippen LogP contribution < -0.4 is 5.32 Å². The van der Waals surface area contributed by atoms with Crippen LogP contribution in [-0.2, 0) is 6.54 Å². The Kier molecular flexibility index (Phi) is 4.15. The summed E-state index contributed by atoms with van der Waals surface area (Å²) in [5.74, 6) is 0.327. The van der Waals surface area contributed by atoms with Crippen LogP contribution in [-0.4, -0.2) is 25.1 Å². The molecule has 0 atom stereocenters. The number of aromatic nitrogens is 4. The number of nitrogens with one attached hydrogen (secondary N) is 2. The number of aromatic amines is 1. The lowest BCUT2D eigenvalue weighted by atomic mass is 10.1. The van der Waals surface area contributed by atoms with Gasteiger partial charge in [-0.3, -0.25) is 20.2 Å². The first-order valence-electron chi connectivity index (χ1n) is 7.04. The fourth-order valence-electron chi connectivity index (χ4n) is 2.19. The molecule has 3 rings (SSSR count). The Morgan fingerprint density at radius 3 is 2.79 bits per heavy atom. The zero-order valence-electron chi connectivity index (χ0n) is 12.7. The highest BCUT2D eigenvalue weighted by molar-refractivity contribution is 5.55. The van der Waals surface area contributed by atoms with E-state index in [2.05, 4.69) is 25.5 Å². The van der Waals surface area contributed by atoms with Gasteiger partial charge >= 0.3 is 0 Å². The summed E-state index contributed by atoms with van der Waals surface area (Å²) in [6.07, 6.45) is 3.28. The number of hydrogen-bond donors (Lipinski definition) is 2. The minimum atomic E-state index is -0.693. The summed E-state index contributed by atoms with van der Waals surface area (Å²) >= 11 is 0. The van der Waals surface area contributed by atoms with Crippen molar-refractivity contribution in [2.45, 2.75) is 13.5 Å². The molecule has 0 fully saturated rings. The Hall–Kier alpha value is -3.36. The number of benzene rings is 1. The van der Waals surface area contributed by atoms with Crippen molar-refractivity contribution < 1.29 is 9.31 Å². The van der Waals surface area contributed by atoms with Crippen molar-refractivity contribution >= 4 is 11.4 Å². The zero-order valence-corrected chi connectivity index (χ0v) is 12.7. The highest BCUT2D eigenvalue weighted by atomic mass is 19.1. The van der Waals surface area contributed by atoms with Crippen molar-refractivity contribution in [1.82, 2.24) is 20.2 Å². The molecule has 24 heavy (non-hydrogen) atoms. The summed E-state index contributed by atoms with van der Waals surface area (Å²) in [4.78, 5) is 18.4. The van der Waals surface area contributed by atoms with Crippen LogP contribution in [0.3, 0.4) is 0 Å². The molecule has 0 amide bonds. The fraction of sp³-hybridized carbons (Fsp3) is 0.133. The second kappa shape index (κ2) is 6.41. The first kappa shape index (κ1) is 15.5. The molecule has 0 bridgehead atoms. The molecule has 122 valence electrons. The van der Waals surface area contributed by atoms with E-state index in [0.717, 1.165) is 11.6 Å². The molecule has 0 unspecified atom stereocenters. The Bertz CT molecular complexity index is 881. The number of H-pyrrole nitrogens is 1. The minimum Gasteiger partial charge on any atom is -0.375 e. The van der Waals surface area contributed by atoms with E-state index in [9.17, 15) is 14.5 Å². The number of nitro benzene ring substituents is 1. The van der Waals surface area contributed by atoms with E-state index in [0.29, 0.717) is 17.2 Å². The van der Waals surface area contributed by atoms with Crippen LogP contribution in [0, 0.1) is 22.9 Å². The van der Waals surface area contributed by atoms with Crippen LogP contribution in [0.1, 0.15) is 11.4 Å². The van der Waals surface area contributed by atoms with E-state index in [-0.39, 0.29) is 17.9 Å². The molecule has 1 aromatic carbocycles. The highest BCUT2D eigenvalue weighted by Crippen LogP contribution is 2.25. The van der Waals surface area contributed by atoms with Crippen LogP contribution in [0.4, 0.5) is 15.8 Å². The van der Waals surface area contributed by atoms with Gasteiger partial charge in [0.05, 0.1) is 23.2 Å². The smallest absolute Gasteiger partial charge is 0.275 e. The van der Waals surface area contributed by atoms with Gasteiger partial charge < -0.3 is 5.32 Å². The van der Waals surface area contributed by atoms with Gasteiger partial charge in [0, 0.05) is 23.5 Å². The molecular formula is C15H13FN6O2. The third-order valence-corrected chi connectivity index (χ3v) is 3.40. The van der Waals surface area contributed by atoms with Crippen molar-refractivity contribution in [3.63, 3.8) is 0 Å². The van der Waals surface area contributed by atoms with Crippen molar-refractivity contribution in [2.24, 2.45) is 0 Å². The summed E-state index contributed by atoms with van der Waals surface area (Å²) in [7, 11) is 0. The number of anilines is 1. The van der Waals surface area contributed by atoms with E-state index in [4.69, 9.17) is 0 Å². The average molecular weight is 328 g/mol. The summed E-state index contributed by atoms with van der Waals surface area (Å²) in [5, 5.41) is 20.5. The molecule has 0 saturated heterocycles. The fourth-order valence-corrected chi connectivity index (χ4v) is 2.19. The molecular weight excluding hydrogens is 315 g/mol. The van der Waals surface area contributed by atoms with Gasteiger partial charge in [0.2, 0.25) is 0 Å². The van der Waals surface area contributed by atoms with Crippen molar-refractivity contribution in [1.29, 1.82) is 0 Å². The van der Waals surface area contributed by atoms with Gasteiger partial charge in [0.1, 0.15) is 5.82 Å². The third kappa shape index (κ3) is 3.19. The summed E-state index contributed by atoms with van der Waals surface area (Å²) in [6, 6.07) is 5.85. The maximum absolute atomic E-state index is 13.9. The maximum atomic E-state index is 13.9. The molecule has 8 nitrogen and oxygen atoms in total. The first-order chi connectivity index (χ1) is 11.5. The number of rotatable bonds is 5. The highest BCUT2D eigenvalue weighted by Gasteiger charge is 2.15. The topological polar surface area (TPSA) is 110 Å². The van der Waals surface area contributed by atoms with Crippen LogP contribution >= 0.6 is 0 Å². The van der Waals surface area contributed by atoms with Crippen molar-refractivity contribution in [3.05, 3.63) is 64.0 Å². The number of pyridine rings is 1. The molecule has 0 radical (unpaired) electrons. The largest absolute Gasteiger partial charge is 0.375 e. The standard InChI is InChI=1S/C15H13FN6O2/c1-9-6-12(11(16)7-13(9)22(23)24)18-8-14-19-15(21-20-14)10-2-4-17-5-3-10/h2-7,18H,8H2,1H3,(H,19,20,21). The molecule has 3 aromatic rings. The quantitative estimate of drug-likeness (QED) is 0.550. The Morgan fingerprint density at radius 2 is 2.08 bits per heavy atom. The number of aryl methyl sites for hydroxylation is 1. The number of nitrogens with zero attached hydrogens (tertiary/aromatic N) is 4. The lowest BCUT2D eigenvalue weighted by molar-refractivity contribution is -0.385. The molecule has 2 N–H and O–H groups in total. The average Bonchev–Trinajstić information content (AvgIpc) is 3.05. The van der Waals surface area contributed by atoms with E-state index in [1.807, 2.05) is 0 Å². The molecule has 0 aliphatic rings. The van der Waals surface area contributed by atoms with Gasteiger partial charge in [-0.05, 0) is 25.1 Å². The number of halogens is 1. The van der Waals surface area contributed by atoms with Crippen molar-refractivity contribution in [2.75, 3.05) is 5.32 Å². The lowest BCUT2D eigenvalue weighted by Crippen LogP contribution is -2.04. The molecule has 2 heterocycles. The second-order valence-electron chi connectivity index (χ2n) is 5.07. The molecule has 0 spiro atoms. The SMILES string of the molecule is Cc1cc(NCc2nc(-c3ccncc3)n[nH]2)c(F)cc1[N+](=O)[O-]. The lowest BCUT2D eigenvalue weighted by Gasteiger charge is -2.07. The summed E-state index contributed by atoms with van der Waals surface area (Å²) < 4.78 is 13.9. The molecule has 0 saturated carbocycles. The van der Waals surface area contributed by atoms with Crippen molar-refractivity contribution in [3.8, 4) is 11.4 Å². The molecule has 0 aliphatic heterocycles. The normalized spacial score (nSPS) is 10.6. The van der Waals surface area contributed by atoms with Gasteiger partial charge in [-0.15, -0.1) is 0 Å². The van der Waals surface area contributed by atoms with Gasteiger partial charge in [-0.1, -0.05) is 0 Å². The molecule has 9 heteroatoms. The second-order valence-corrected chi connectivity index (χ2v) is 5.07. The van der Waals surface area contributed by atoms with Gasteiger partial charge in [0.25, 0.3) is 5.69 Å².